The van der Waals surface area contributed by atoms with Crippen LogP contribution in [0.5, 0.6) is 11.5 Å². The molecule has 0 saturated heterocycles. The number of aromatic nitrogens is 2. The Kier molecular flexibility index (Phi) is 7.37. The zero-order valence-electron chi connectivity index (χ0n) is 18.2. The molecule has 0 amide bonds. The molecule has 2 aromatic carbocycles. The quantitative estimate of drug-likeness (QED) is 0.225. The maximum absolute atomic E-state index is 12.8. The summed E-state index contributed by atoms with van der Waals surface area (Å²) in [6, 6.07) is 12.1. The molecule has 9 nitrogen and oxygen atoms in total. The summed E-state index contributed by atoms with van der Waals surface area (Å²) in [7, 11) is 6.70. The number of rotatable bonds is 9. The third-order valence-electron chi connectivity index (χ3n) is 4.76. The van der Waals surface area contributed by atoms with Crippen molar-refractivity contribution < 1.29 is 14.4 Å². The lowest BCUT2D eigenvalue weighted by molar-refractivity contribution is -0.385. The number of hydrogen-bond donors (Lipinski definition) is 1. The van der Waals surface area contributed by atoms with Crippen LogP contribution >= 0.6 is 11.8 Å². The Labute approximate surface area is 189 Å². The van der Waals surface area contributed by atoms with Gasteiger partial charge in [-0.05, 0) is 17.7 Å². The number of para-hydroxylation sites is 1. The Morgan fingerprint density at radius 2 is 1.84 bits per heavy atom. The summed E-state index contributed by atoms with van der Waals surface area (Å²) in [5.74, 6) is 1.51. The van der Waals surface area contributed by atoms with Gasteiger partial charge in [0, 0.05) is 37.9 Å². The first-order chi connectivity index (χ1) is 15.3. The highest BCUT2D eigenvalue weighted by Gasteiger charge is 2.17. The molecule has 1 N–H and O–H groups in total. The molecule has 0 saturated carbocycles. The monoisotopic (exact) mass is 456 g/mol. The predicted molar refractivity (Wildman–Crippen MR) is 124 cm³/mol. The zero-order valence-corrected chi connectivity index (χ0v) is 19.1. The summed E-state index contributed by atoms with van der Waals surface area (Å²) in [5, 5.41) is 11.7. The van der Waals surface area contributed by atoms with E-state index < -0.39 is 4.92 Å². The van der Waals surface area contributed by atoms with E-state index in [1.165, 1.54) is 17.8 Å². The number of methoxy groups -OCH3 is 2. The molecule has 0 bridgehead atoms. The molecule has 0 aliphatic carbocycles. The van der Waals surface area contributed by atoms with Crippen molar-refractivity contribution in [2.75, 3.05) is 33.2 Å². The first-order valence-electron chi connectivity index (χ1n) is 9.70. The standard InChI is InChI=1S/C22H24N4O5S/c1-25(2)20-16(11-14-9-10-18(30-3)19(12-14)31-4)23-22(24-21(20)27)32-13-15-7-5-6-8-17(15)26(28)29/h5-10,12H,11,13H2,1-4H3,(H,23,24,27). The minimum atomic E-state index is -0.413. The zero-order chi connectivity index (χ0) is 23.3. The molecule has 3 aromatic rings. The van der Waals surface area contributed by atoms with Gasteiger partial charge in [-0.2, -0.15) is 0 Å². The van der Waals surface area contributed by atoms with Crippen molar-refractivity contribution in [1.82, 2.24) is 9.97 Å². The molecule has 0 spiro atoms. The number of hydrogen-bond acceptors (Lipinski definition) is 8. The van der Waals surface area contributed by atoms with Crippen molar-refractivity contribution in [3.63, 3.8) is 0 Å². The highest BCUT2D eigenvalue weighted by Crippen LogP contribution is 2.30. The molecule has 10 heteroatoms. The summed E-state index contributed by atoms with van der Waals surface area (Å²) >= 11 is 1.24. The Balaban J connectivity index is 1.93. The maximum Gasteiger partial charge on any atom is 0.275 e. The molecule has 3 rings (SSSR count). The van der Waals surface area contributed by atoms with Gasteiger partial charge >= 0.3 is 0 Å². The average molecular weight is 457 g/mol. The van der Waals surface area contributed by atoms with Crippen molar-refractivity contribution in [1.29, 1.82) is 0 Å². The number of aromatic amines is 1. The third-order valence-corrected chi connectivity index (χ3v) is 5.69. The van der Waals surface area contributed by atoms with E-state index in [2.05, 4.69) is 9.97 Å². The van der Waals surface area contributed by atoms with Crippen molar-refractivity contribution in [3.8, 4) is 11.5 Å². The van der Waals surface area contributed by atoms with Crippen LogP contribution in [0.25, 0.3) is 0 Å². The maximum atomic E-state index is 12.8. The average Bonchev–Trinajstić information content (AvgIpc) is 2.77. The molecular formula is C22H24N4O5S. The fourth-order valence-corrected chi connectivity index (χ4v) is 4.16. The molecule has 0 fully saturated rings. The van der Waals surface area contributed by atoms with Gasteiger partial charge in [0.2, 0.25) is 0 Å². The van der Waals surface area contributed by atoms with E-state index >= 15 is 0 Å². The fourth-order valence-electron chi connectivity index (χ4n) is 3.28. The smallest absolute Gasteiger partial charge is 0.275 e. The molecule has 0 aliphatic rings. The van der Waals surface area contributed by atoms with Crippen LogP contribution in [0.3, 0.4) is 0 Å². The first kappa shape index (κ1) is 23.1. The van der Waals surface area contributed by atoms with Crippen LogP contribution in [0.15, 0.2) is 52.4 Å². The van der Waals surface area contributed by atoms with Gasteiger partial charge in [-0.25, -0.2) is 4.98 Å². The molecule has 1 aromatic heterocycles. The van der Waals surface area contributed by atoms with Gasteiger partial charge in [0.15, 0.2) is 16.7 Å². The highest BCUT2D eigenvalue weighted by atomic mass is 32.2. The van der Waals surface area contributed by atoms with Gasteiger partial charge in [-0.15, -0.1) is 0 Å². The van der Waals surface area contributed by atoms with Crippen LogP contribution in [-0.4, -0.2) is 43.2 Å². The number of ether oxygens (including phenoxy) is 2. The van der Waals surface area contributed by atoms with Crippen molar-refractivity contribution in [2.45, 2.75) is 17.3 Å². The predicted octanol–water partition coefficient (Wildman–Crippen LogP) is 3.64. The van der Waals surface area contributed by atoms with Crippen molar-refractivity contribution >= 4 is 23.1 Å². The number of anilines is 1. The van der Waals surface area contributed by atoms with E-state index in [9.17, 15) is 14.9 Å². The number of H-pyrrole nitrogens is 1. The third kappa shape index (κ3) is 5.20. The Morgan fingerprint density at radius 3 is 2.50 bits per heavy atom. The summed E-state index contributed by atoms with van der Waals surface area (Å²) in [6.45, 7) is 0. The lowest BCUT2D eigenvalue weighted by Crippen LogP contribution is -2.24. The fraction of sp³-hybridized carbons (Fsp3) is 0.273. The molecule has 0 atom stereocenters. The molecule has 168 valence electrons. The summed E-state index contributed by atoms with van der Waals surface area (Å²) < 4.78 is 10.7. The normalized spacial score (nSPS) is 10.6. The second-order valence-electron chi connectivity index (χ2n) is 7.10. The second-order valence-corrected chi connectivity index (χ2v) is 8.07. The van der Waals surface area contributed by atoms with Gasteiger partial charge < -0.3 is 14.4 Å². The Bertz CT molecular complexity index is 1180. The van der Waals surface area contributed by atoms with Crippen LogP contribution in [-0.2, 0) is 12.2 Å². The van der Waals surface area contributed by atoms with Gasteiger partial charge in [0.1, 0.15) is 5.69 Å². The van der Waals surface area contributed by atoms with E-state index in [4.69, 9.17) is 9.47 Å². The lowest BCUT2D eigenvalue weighted by atomic mass is 10.1. The van der Waals surface area contributed by atoms with Gasteiger partial charge in [-0.3, -0.25) is 19.9 Å². The van der Waals surface area contributed by atoms with Gasteiger partial charge in [0.05, 0.1) is 24.8 Å². The molecular weight excluding hydrogens is 432 g/mol. The lowest BCUT2D eigenvalue weighted by Gasteiger charge is -2.17. The Hall–Kier alpha value is -3.53. The van der Waals surface area contributed by atoms with E-state index in [0.717, 1.165) is 5.56 Å². The molecule has 0 aliphatic heterocycles. The minimum Gasteiger partial charge on any atom is -0.493 e. The minimum absolute atomic E-state index is 0.0396. The van der Waals surface area contributed by atoms with Crippen LogP contribution in [0, 0.1) is 10.1 Å². The van der Waals surface area contributed by atoms with Crippen LogP contribution in [0.4, 0.5) is 11.4 Å². The van der Waals surface area contributed by atoms with E-state index in [1.54, 1.807) is 57.5 Å². The van der Waals surface area contributed by atoms with E-state index in [-0.39, 0.29) is 11.2 Å². The van der Waals surface area contributed by atoms with Crippen LogP contribution < -0.4 is 19.9 Å². The van der Waals surface area contributed by atoms with E-state index in [0.29, 0.717) is 45.8 Å². The molecule has 0 unspecified atom stereocenters. The molecule has 1 heterocycles. The van der Waals surface area contributed by atoms with Gasteiger partial charge in [0.25, 0.3) is 11.2 Å². The van der Waals surface area contributed by atoms with Crippen molar-refractivity contribution in [2.24, 2.45) is 0 Å². The number of nitro groups is 1. The SMILES string of the molecule is COc1ccc(Cc2nc(SCc3ccccc3[N+](=O)[O-])[nH]c(=O)c2N(C)C)cc1OC. The topological polar surface area (TPSA) is 111 Å². The number of benzene rings is 2. The molecule has 32 heavy (non-hydrogen) atoms. The number of nitro benzene ring substituents is 1. The summed E-state index contributed by atoms with van der Waals surface area (Å²) in [4.78, 5) is 32.8. The van der Waals surface area contributed by atoms with Crippen LogP contribution in [0.1, 0.15) is 16.8 Å². The van der Waals surface area contributed by atoms with Crippen LogP contribution in [0.2, 0.25) is 0 Å². The van der Waals surface area contributed by atoms with Crippen molar-refractivity contribution in [3.05, 3.63) is 79.8 Å². The highest BCUT2D eigenvalue weighted by molar-refractivity contribution is 7.98. The summed E-state index contributed by atoms with van der Waals surface area (Å²) in [6.07, 6.45) is 0.400. The largest absolute Gasteiger partial charge is 0.493 e. The number of nitrogens with one attached hydrogen (secondary N) is 1. The first-order valence-corrected chi connectivity index (χ1v) is 10.7. The van der Waals surface area contributed by atoms with E-state index in [1.807, 2.05) is 12.1 Å². The number of nitrogens with zero attached hydrogens (tertiary/aromatic N) is 3. The summed E-state index contributed by atoms with van der Waals surface area (Å²) in [5.41, 5.74) is 2.27. The molecule has 0 radical (unpaired) electrons. The Morgan fingerprint density at radius 1 is 1.12 bits per heavy atom. The number of thioether (sulfide) groups is 1. The van der Waals surface area contributed by atoms with Gasteiger partial charge in [-0.1, -0.05) is 36.0 Å². The second kappa shape index (κ2) is 10.2.